The van der Waals surface area contributed by atoms with Crippen molar-refractivity contribution in [3.8, 4) is 11.4 Å². The molecule has 0 aliphatic heterocycles. The van der Waals surface area contributed by atoms with Crippen molar-refractivity contribution < 1.29 is 4.74 Å². The molecule has 0 fully saturated rings. The fraction of sp³-hybridized carbons (Fsp3) is 0.148. The molecule has 0 atom stereocenters. The zero-order chi connectivity index (χ0) is 26.6. The first-order valence-corrected chi connectivity index (χ1v) is 12.2. The molecule has 0 saturated heterocycles. The Labute approximate surface area is 222 Å². The van der Waals surface area contributed by atoms with Gasteiger partial charge in [0.2, 0.25) is 0 Å². The van der Waals surface area contributed by atoms with Crippen LogP contribution in [0.1, 0.15) is 16.7 Å². The highest BCUT2D eigenvalue weighted by atomic mass is 16.5. The summed E-state index contributed by atoms with van der Waals surface area (Å²) in [5, 5.41) is 20.4. The summed E-state index contributed by atoms with van der Waals surface area (Å²) in [7, 11) is 1.62. The topological polar surface area (TPSA) is 130 Å². The number of methoxy groups -OCH3 is 1. The lowest BCUT2D eigenvalue weighted by atomic mass is 10.1. The van der Waals surface area contributed by atoms with E-state index in [0.717, 1.165) is 27.8 Å². The van der Waals surface area contributed by atoms with Crippen molar-refractivity contribution in [1.29, 1.82) is 0 Å². The molecule has 0 bridgehead atoms. The highest BCUT2D eigenvalue weighted by molar-refractivity contribution is 5.85. The van der Waals surface area contributed by atoms with Crippen LogP contribution in [-0.2, 0) is 19.6 Å². The number of hydrogen-bond acceptors (Lipinski definition) is 9. The Kier molecular flexibility index (Phi) is 6.48. The highest BCUT2D eigenvalue weighted by Crippen LogP contribution is 2.24. The Bertz CT molecular complexity index is 1780. The zero-order valence-corrected chi connectivity index (χ0v) is 21.0. The van der Waals surface area contributed by atoms with Crippen LogP contribution in [0.3, 0.4) is 0 Å². The van der Waals surface area contributed by atoms with Crippen molar-refractivity contribution in [3.05, 3.63) is 113 Å². The van der Waals surface area contributed by atoms with E-state index in [2.05, 4.69) is 35.9 Å². The largest absolute Gasteiger partial charge is 0.497 e. The Balaban J connectivity index is 1.18. The number of nitrogens with one attached hydrogen (secondary N) is 1. The highest BCUT2D eigenvalue weighted by Gasteiger charge is 2.12. The quantitative estimate of drug-likeness (QED) is 0.306. The third-order valence-corrected chi connectivity index (χ3v) is 6.32. The average Bonchev–Trinajstić information content (AvgIpc) is 3.64. The number of aromatic nitrogens is 9. The lowest BCUT2D eigenvalue weighted by Gasteiger charge is -2.12. The number of rotatable bonds is 9. The van der Waals surface area contributed by atoms with Crippen LogP contribution in [0.5, 0.6) is 5.75 Å². The Morgan fingerprint density at radius 3 is 2.59 bits per heavy atom. The summed E-state index contributed by atoms with van der Waals surface area (Å²) in [6.07, 6.45) is 6.77. The number of pyridine rings is 1. The number of benzene rings is 2. The van der Waals surface area contributed by atoms with Gasteiger partial charge in [0.05, 0.1) is 31.3 Å². The van der Waals surface area contributed by atoms with Gasteiger partial charge in [0.1, 0.15) is 24.2 Å². The normalized spacial score (nSPS) is 11.1. The summed E-state index contributed by atoms with van der Waals surface area (Å²) >= 11 is 0. The van der Waals surface area contributed by atoms with Gasteiger partial charge in [-0.3, -0.25) is 9.48 Å². The molecule has 0 spiro atoms. The predicted octanol–water partition coefficient (Wildman–Crippen LogP) is 2.68. The monoisotopic (exact) mass is 520 g/mol. The Morgan fingerprint density at radius 1 is 0.974 bits per heavy atom. The molecule has 6 rings (SSSR count). The third-order valence-electron chi connectivity index (χ3n) is 6.32. The summed E-state index contributed by atoms with van der Waals surface area (Å²) in [5.74, 6) is 1.38. The third kappa shape index (κ3) is 5.21. The van der Waals surface area contributed by atoms with E-state index < -0.39 is 0 Å². The van der Waals surface area contributed by atoms with Crippen LogP contribution in [0.25, 0.3) is 16.7 Å². The van der Waals surface area contributed by atoms with Gasteiger partial charge in [0.15, 0.2) is 5.65 Å². The maximum atomic E-state index is 12.0. The van der Waals surface area contributed by atoms with Crippen LogP contribution >= 0.6 is 0 Å². The fourth-order valence-corrected chi connectivity index (χ4v) is 4.32. The molecule has 0 aliphatic carbocycles. The maximum Gasteiger partial charge on any atom is 0.250 e. The number of ether oxygens (including phenoxy) is 1. The van der Waals surface area contributed by atoms with Gasteiger partial charge in [-0.05, 0) is 39.2 Å². The Hall–Kier alpha value is -5.39. The summed E-state index contributed by atoms with van der Waals surface area (Å²) < 4.78 is 10.5. The molecule has 12 nitrogen and oxygen atoms in total. The van der Waals surface area contributed by atoms with Crippen LogP contribution in [0.15, 0.2) is 90.5 Å². The van der Waals surface area contributed by atoms with Gasteiger partial charge in [-0.1, -0.05) is 36.4 Å². The van der Waals surface area contributed by atoms with Crippen molar-refractivity contribution in [1.82, 2.24) is 44.5 Å². The van der Waals surface area contributed by atoms with E-state index >= 15 is 0 Å². The lowest BCUT2D eigenvalue weighted by molar-refractivity contribution is 0.414. The minimum Gasteiger partial charge on any atom is -0.497 e. The molecule has 0 amide bonds. The maximum absolute atomic E-state index is 12.0. The molecule has 1 N–H and O–H groups in total. The zero-order valence-electron chi connectivity index (χ0n) is 21.0. The number of nitrogens with zero attached hydrogens (tertiary/aromatic N) is 9. The van der Waals surface area contributed by atoms with Gasteiger partial charge in [-0.25, -0.2) is 14.6 Å². The van der Waals surface area contributed by atoms with Crippen molar-refractivity contribution in [2.24, 2.45) is 0 Å². The molecule has 0 radical (unpaired) electrons. The standard InChI is InChI=1S/C27H24N10O2/c1-39-22-10-9-21(24(12-22)37-18-31-33-34-37)13-28-26-23-16-36(32-27(23)30-17-29-26)15-20-7-5-19(6-8-20)14-35-11-3-2-4-25(35)38/h2-12,16-18H,13-15H2,1H3,(H,28,29,30,32). The second-order valence-corrected chi connectivity index (χ2v) is 8.87. The smallest absolute Gasteiger partial charge is 0.250 e. The minimum absolute atomic E-state index is 0.0195. The fourth-order valence-electron chi connectivity index (χ4n) is 4.32. The predicted molar refractivity (Wildman–Crippen MR) is 144 cm³/mol. The molecule has 12 heteroatoms. The first-order chi connectivity index (χ1) is 19.2. The molecular formula is C27H24N10O2. The van der Waals surface area contributed by atoms with Crippen LogP contribution < -0.4 is 15.6 Å². The summed E-state index contributed by atoms with van der Waals surface area (Å²) in [6, 6.07) is 19.0. The van der Waals surface area contributed by atoms with E-state index in [4.69, 9.17) is 4.74 Å². The van der Waals surface area contributed by atoms with Crippen LogP contribution in [0, 0.1) is 0 Å². The van der Waals surface area contributed by atoms with Crippen molar-refractivity contribution in [2.75, 3.05) is 12.4 Å². The first kappa shape index (κ1) is 24.0. The van der Waals surface area contributed by atoms with E-state index in [1.54, 1.807) is 41.0 Å². The van der Waals surface area contributed by atoms with Crippen LogP contribution in [0.2, 0.25) is 0 Å². The number of fused-ring (bicyclic) bond motifs is 1. The van der Waals surface area contributed by atoms with Crippen molar-refractivity contribution >= 4 is 16.9 Å². The van der Waals surface area contributed by atoms with Gasteiger partial charge in [0.25, 0.3) is 5.56 Å². The van der Waals surface area contributed by atoms with Gasteiger partial charge >= 0.3 is 0 Å². The lowest BCUT2D eigenvalue weighted by Crippen LogP contribution is -2.18. The second-order valence-electron chi connectivity index (χ2n) is 8.87. The van der Waals surface area contributed by atoms with Crippen molar-refractivity contribution in [3.63, 3.8) is 0 Å². The van der Waals surface area contributed by atoms with E-state index in [1.807, 2.05) is 59.4 Å². The summed E-state index contributed by atoms with van der Waals surface area (Å²) in [5.41, 5.74) is 4.47. The molecule has 4 heterocycles. The number of hydrogen-bond donors (Lipinski definition) is 1. The van der Waals surface area contributed by atoms with Gasteiger partial charge in [-0.2, -0.15) is 5.10 Å². The molecule has 4 aromatic heterocycles. The van der Waals surface area contributed by atoms with Crippen molar-refractivity contribution in [2.45, 2.75) is 19.6 Å². The molecule has 6 aromatic rings. The van der Waals surface area contributed by atoms with Gasteiger partial charge in [0, 0.05) is 31.1 Å². The van der Waals surface area contributed by atoms with Crippen LogP contribution in [-0.4, -0.2) is 51.6 Å². The molecule has 2 aromatic carbocycles. The van der Waals surface area contributed by atoms with Gasteiger partial charge in [-0.15, -0.1) is 5.10 Å². The first-order valence-electron chi connectivity index (χ1n) is 12.2. The minimum atomic E-state index is -0.0195. The van der Waals surface area contributed by atoms with Gasteiger partial charge < -0.3 is 14.6 Å². The molecule has 39 heavy (non-hydrogen) atoms. The molecule has 0 saturated carbocycles. The average molecular weight is 521 g/mol. The molecule has 0 unspecified atom stereocenters. The molecule has 194 valence electrons. The van der Waals surface area contributed by atoms with E-state index in [-0.39, 0.29) is 5.56 Å². The summed E-state index contributed by atoms with van der Waals surface area (Å²) in [4.78, 5) is 20.8. The SMILES string of the molecule is COc1ccc(CNc2ncnc3nn(Cc4ccc(Cn5ccccc5=O)cc4)cc23)c(-n2cnnn2)c1. The number of anilines is 1. The summed E-state index contributed by atoms with van der Waals surface area (Å²) in [6.45, 7) is 1.57. The van der Waals surface area contributed by atoms with Crippen LogP contribution in [0.4, 0.5) is 5.82 Å². The van der Waals surface area contributed by atoms with E-state index in [0.29, 0.717) is 36.8 Å². The van der Waals surface area contributed by atoms with E-state index in [1.165, 1.54) is 6.33 Å². The Morgan fingerprint density at radius 2 is 1.82 bits per heavy atom. The second kappa shape index (κ2) is 10.5. The van der Waals surface area contributed by atoms with E-state index in [9.17, 15) is 4.79 Å². The molecular weight excluding hydrogens is 496 g/mol. The number of tetrazole rings is 1. The molecule has 0 aliphatic rings.